The number of anilines is 2. The third-order valence-electron chi connectivity index (χ3n) is 9.37. The van der Waals surface area contributed by atoms with Crippen LogP contribution in [0.25, 0.3) is 44.7 Å². The Bertz CT molecular complexity index is 2240. The molecule has 0 bridgehead atoms. The van der Waals surface area contributed by atoms with Gasteiger partial charge in [-0.3, -0.25) is 14.7 Å². The Balaban J connectivity index is 1.16. The average Bonchev–Trinajstić information content (AvgIpc) is 3.65. The van der Waals surface area contributed by atoms with Gasteiger partial charge in [-0.15, -0.1) is 0 Å². The minimum Gasteiger partial charge on any atom is -0.435 e. The van der Waals surface area contributed by atoms with Crippen molar-refractivity contribution in [3.05, 3.63) is 94.4 Å². The summed E-state index contributed by atoms with van der Waals surface area (Å²) in [6.45, 7) is 7.33. The van der Waals surface area contributed by atoms with Crippen molar-refractivity contribution in [2.45, 2.75) is 52.0 Å². The lowest BCUT2D eigenvalue weighted by molar-refractivity contribution is 0.112. The van der Waals surface area contributed by atoms with E-state index in [0.29, 0.717) is 34.8 Å². The number of pyridine rings is 1. The zero-order chi connectivity index (χ0) is 32.1. The fourth-order valence-electron chi connectivity index (χ4n) is 6.65. The van der Waals surface area contributed by atoms with E-state index in [1.165, 1.54) is 24.5 Å². The molecule has 0 atom stereocenters. The van der Waals surface area contributed by atoms with Crippen molar-refractivity contribution in [2.75, 3.05) is 18.4 Å². The standard InChI is InChI=1S/C38H33N7O2/c1-22-28(7-5-9-30(22)38-43-33-16-24(21-46)15-27(18-39)35(33)47-38)29-8-6-10-31(23(29)2)41-37-34-32(42-36(44-37)26-11-12-26)17-25(19-40-34)20-45-13-3-4-14-45/h5-10,15-17,19,21,26H,3-4,11-14,20H2,1-2H3,(H,41,42,44). The minimum absolute atomic E-state index is 0.283. The van der Waals surface area contributed by atoms with Gasteiger partial charge in [-0.2, -0.15) is 5.26 Å². The van der Waals surface area contributed by atoms with E-state index in [9.17, 15) is 10.1 Å². The van der Waals surface area contributed by atoms with Gasteiger partial charge in [0.15, 0.2) is 11.4 Å². The highest BCUT2D eigenvalue weighted by Crippen LogP contribution is 2.41. The fourth-order valence-corrected chi connectivity index (χ4v) is 6.65. The predicted octanol–water partition coefficient (Wildman–Crippen LogP) is 8.02. The zero-order valence-corrected chi connectivity index (χ0v) is 26.4. The number of hydrogen-bond donors (Lipinski definition) is 1. The molecule has 4 heterocycles. The first-order chi connectivity index (χ1) is 23.0. The Morgan fingerprint density at radius 1 is 0.957 bits per heavy atom. The van der Waals surface area contributed by atoms with Gasteiger partial charge in [-0.1, -0.05) is 24.3 Å². The van der Waals surface area contributed by atoms with Crippen molar-refractivity contribution in [1.29, 1.82) is 5.26 Å². The van der Waals surface area contributed by atoms with E-state index in [4.69, 9.17) is 19.4 Å². The van der Waals surface area contributed by atoms with Crippen molar-refractivity contribution >= 4 is 39.9 Å². The lowest BCUT2D eigenvalue weighted by Gasteiger charge is -2.17. The van der Waals surface area contributed by atoms with Gasteiger partial charge >= 0.3 is 0 Å². The van der Waals surface area contributed by atoms with E-state index in [2.05, 4.69) is 52.5 Å². The number of rotatable bonds is 8. The van der Waals surface area contributed by atoms with E-state index >= 15 is 0 Å². The minimum atomic E-state index is 0.283. The molecule has 1 saturated carbocycles. The molecule has 0 radical (unpaired) electrons. The number of hydrogen-bond acceptors (Lipinski definition) is 9. The van der Waals surface area contributed by atoms with Crippen molar-refractivity contribution in [3.8, 4) is 28.7 Å². The number of nitriles is 1. The maximum atomic E-state index is 11.4. The number of likely N-dealkylation sites (tertiary alicyclic amines) is 1. The second kappa shape index (κ2) is 11.7. The van der Waals surface area contributed by atoms with Crippen LogP contribution in [0, 0.1) is 25.2 Å². The second-order valence-corrected chi connectivity index (χ2v) is 12.6. The highest BCUT2D eigenvalue weighted by molar-refractivity contribution is 5.91. The Morgan fingerprint density at radius 3 is 2.49 bits per heavy atom. The van der Waals surface area contributed by atoms with E-state index < -0.39 is 0 Å². The molecule has 3 aromatic heterocycles. The smallest absolute Gasteiger partial charge is 0.227 e. The number of nitrogens with zero attached hydrogens (tertiary/aromatic N) is 6. The highest BCUT2D eigenvalue weighted by atomic mass is 16.3. The number of aldehydes is 1. The number of nitrogens with one attached hydrogen (secondary N) is 1. The maximum absolute atomic E-state index is 11.4. The normalized spacial score (nSPS) is 14.9. The largest absolute Gasteiger partial charge is 0.435 e. The molecule has 0 unspecified atom stereocenters. The predicted molar refractivity (Wildman–Crippen MR) is 182 cm³/mol. The Morgan fingerprint density at radius 2 is 1.72 bits per heavy atom. The third kappa shape index (κ3) is 5.41. The van der Waals surface area contributed by atoms with Crippen LogP contribution in [0.3, 0.4) is 0 Å². The monoisotopic (exact) mass is 619 g/mol. The van der Waals surface area contributed by atoms with E-state index in [0.717, 1.165) is 88.7 Å². The van der Waals surface area contributed by atoms with Crippen molar-refractivity contribution < 1.29 is 9.21 Å². The van der Waals surface area contributed by atoms with Crippen LogP contribution in [-0.2, 0) is 6.54 Å². The summed E-state index contributed by atoms with van der Waals surface area (Å²) < 4.78 is 6.12. The quantitative estimate of drug-likeness (QED) is 0.169. The SMILES string of the molecule is Cc1c(Nc2nc(C3CC3)nc3cc(CN4CCCC4)cnc23)cccc1-c1cccc(-c2nc3cc(C=O)cc(C#N)c3o2)c1C. The Kier molecular flexibility index (Phi) is 7.23. The number of carbonyl (C=O) groups is 1. The van der Waals surface area contributed by atoms with E-state index in [-0.39, 0.29) is 5.56 Å². The zero-order valence-electron chi connectivity index (χ0n) is 26.4. The van der Waals surface area contributed by atoms with Crippen molar-refractivity contribution in [3.63, 3.8) is 0 Å². The summed E-state index contributed by atoms with van der Waals surface area (Å²) in [4.78, 5) is 33.4. The summed E-state index contributed by atoms with van der Waals surface area (Å²) in [6.07, 6.45) is 7.43. The maximum Gasteiger partial charge on any atom is 0.227 e. The van der Waals surface area contributed by atoms with E-state index in [1.54, 1.807) is 6.07 Å². The molecule has 2 fully saturated rings. The van der Waals surface area contributed by atoms with Crippen LogP contribution in [0.15, 0.2) is 65.2 Å². The van der Waals surface area contributed by atoms with Crippen LogP contribution in [-0.4, -0.2) is 44.2 Å². The van der Waals surface area contributed by atoms with Crippen molar-refractivity contribution in [1.82, 2.24) is 24.8 Å². The van der Waals surface area contributed by atoms with Gasteiger partial charge in [-0.05, 0) is 111 Å². The first kappa shape index (κ1) is 29.0. The van der Waals surface area contributed by atoms with Crippen LogP contribution in [0.4, 0.5) is 11.5 Å². The molecule has 232 valence electrons. The molecule has 8 rings (SSSR count). The number of aromatic nitrogens is 4. The number of benzene rings is 3. The van der Waals surface area contributed by atoms with Crippen LogP contribution in [0.2, 0.25) is 0 Å². The summed E-state index contributed by atoms with van der Waals surface area (Å²) in [5.41, 5.74) is 10.3. The van der Waals surface area contributed by atoms with Gasteiger partial charge in [-0.25, -0.2) is 15.0 Å². The Hall–Kier alpha value is -5.46. The number of fused-ring (bicyclic) bond motifs is 2. The summed E-state index contributed by atoms with van der Waals surface area (Å²) in [5.74, 6) is 2.42. The molecule has 1 N–H and O–H groups in total. The average molecular weight is 620 g/mol. The summed E-state index contributed by atoms with van der Waals surface area (Å²) in [7, 11) is 0. The number of carbonyl (C=O) groups excluding carboxylic acids is 1. The van der Waals surface area contributed by atoms with Crippen LogP contribution >= 0.6 is 0 Å². The molecule has 0 amide bonds. The molecule has 1 aliphatic carbocycles. The molecule has 9 nitrogen and oxygen atoms in total. The molecule has 3 aromatic carbocycles. The molecule has 6 aromatic rings. The molecular weight excluding hydrogens is 586 g/mol. The van der Waals surface area contributed by atoms with Gasteiger partial charge in [0.05, 0.1) is 11.1 Å². The molecule has 0 spiro atoms. The Labute approximate surface area is 272 Å². The lowest BCUT2D eigenvalue weighted by Crippen LogP contribution is -2.18. The van der Waals surface area contributed by atoms with Gasteiger partial charge < -0.3 is 9.73 Å². The molecule has 47 heavy (non-hydrogen) atoms. The first-order valence-electron chi connectivity index (χ1n) is 16.1. The van der Waals surface area contributed by atoms with Gasteiger partial charge in [0.25, 0.3) is 0 Å². The highest BCUT2D eigenvalue weighted by Gasteiger charge is 2.28. The van der Waals surface area contributed by atoms with Crippen LogP contribution in [0.1, 0.15) is 70.0 Å². The van der Waals surface area contributed by atoms with Gasteiger partial charge in [0.2, 0.25) is 5.89 Å². The molecular formula is C38H33N7O2. The molecule has 1 aliphatic heterocycles. The third-order valence-corrected chi connectivity index (χ3v) is 9.37. The van der Waals surface area contributed by atoms with Crippen molar-refractivity contribution in [2.24, 2.45) is 0 Å². The summed E-state index contributed by atoms with van der Waals surface area (Å²) in [6, 6.07) is 19.7. The first-order valence-corrected chi connectivity index (χ1v) is 16.1. The number of oxazole rings is 1. The molecule has 1 saturated heterocycles. The topological polar surface area (TPSA) is 121 Å². The molecule has 9 heteroatoms. The van der Waals surface area contributed by atoms with E-state index in [1.807, 2.05) is 31.3 Å². The molecule has 2 aliphatic rings. The second-order valence-electron chi connectivity index (χ2n) is 12.6. The van der Waals surface area contributed by atoms with Gasteiger partial charge in [0.1, 0.15) is 29.2 Å². The summed E-state index contributed by atoms with van der Waals surface area (Å²) in [5, 5.41) is 13.3. The van der Waals surface area contributed by atoms with Crippen LogP contribution < -0.4 is 5.32 Å². The lowest BCUT2D eigenvalue weighted by atomic mass is 9.93. The fraction of sp³-hybridized carbons (Fsp3) is 0.263. The summed E-state index contributed by atoms with van der Waals surface area (Å²) >= 11 is 0. The van der Waals surface area contributed by atoms with Gasteiger partial charge in [0, 0.05) is 35.5 Å². The van der Waals surface area contributed by atoms with Crippen LogP contribution in [0.5, 0.6) is 0 Å².